The van der Waals surface area contributed by atoms with E-state index >= 15 is 0 Å². The Balaban J connectivity index is 2.01. The van der Waals surface area contributed by atoms with Crippen LogP contribution in [-0.2, 0) is 4.43 Å². The Labute approximate surface area is 149 Å². The summed E-state index contributed by atoms with van der Waals surface area (Å²) in [5.74, 6) is 0.293. The second-order valence-corrected chi connectivity index (χ2v) is 10.3. The first kappa shape index (κ1) is 21.2. The van der Waals surface area contributed by atoms with Crippen LogP contribution in [0.3, 0.4) is 0 Å². The first-order valence-corrected chi connectivity index (χ1v) is 12.4. The van der Waals surface area contributed by atoms with Gasteiger partial charge in [-0.1, -0.05) is 70.8 Å². The van der Waals surface area contributed by atoms with Gasteiger partial charge in [-0.15, -0.1) is 0 Å². The normalized spacial score (nSPS) is 11.7. The molecule has 0 amide bonds. The molecule has 0 N–H and O–H groups in total. The molecule has 1 aromatic carbocycles. The van der Waals surface area contributed by atoms with Crippen molar-refractivity contribution < 1.29 is 13.2 Å². The molecule has 0 saturated heterocycles. The van der Waals surface area contributed by atoms with E-state index in [9.17, 15) is 4.39 Å². The minimum absolute atomic E-state index is 0.271. The molecule has 0 saturated carbocycles. The lowest BCUT2D eigenvalue weighted by Crippen LogP contribution is -2.38. The third-order valence-electron chi connectivity index (χ3n) is 4.11. The van der Waals surface area contributed by atoms with Crippen molar-refractivity contribution in [2.24, 2.45) is 0 Å². The van der Waals surface area contributed by atoms with Gasteiger partial charge in [0.05, 0.1) is 0 Å². The molecular weight excluding hydrogens is 319 g/mol. The van der Waals surface area contributed by atoms with Gasteiger partial charge in [0.1, 0.15) is 11.6 Å². The fraction of sp³-hybridized carbons (Fsp3) is 0.700. The van der Waals surface area contributed by atoms with Gasteiger partial charge >= 0.3 is 8.56 Å². The third-order valence-corrected chi connectivity index (χ3v) is 5.73. The second-order valence-electron chi connectivity index (χ2n) is 6.99. The summed E-state index contributed by atoms with van der Waals surface area (Å²) in [7, 11) is -2.23. The quantitative estimate of drug-likeness (QED) is 0.269. The first-order chi connectivity index (χ1) is 11.5. The summed E-state index contributed by atoms with van der Waals surface area (Å²) in [4.78, 5) is 0. The number of halogens is 1. The Morgan fingerprint density at radius 2 is 1.46 bits per heavy atom. The summed E-state index contributed by atoms with van der Waals surface area (Å²) in [5, 5.41) is 0. The summed E-state index contributed by atoms with van der Waals surface area (Å²) in [6.07, 6.45) is 13.2. The zero-order chi connectivity index (χ0) is 17.7. The highest BCUT2D eigenvalue weighted by molar-refractivity contribution is 6.65. The molecule has 4 heteroatoms. The van der Waals surface area contributed by atoms with E-state index in [1.54, 1.807) is 12.1 Å². The van der Waals surface area contributed by atoms with Crippen LogP contribution in [0, 0.1) is 5.82 Å². The van der Waals surface area contributed by atoms with Crippen molar-refractivity contribution in [2.75, 3.05) is 6.61 Å². The molecule has 2 nitrogen and oxygen atoms in total. The molecule has 0 aliphatic heterocycles. The fourth-order valence-electron chi connectivity index (χ4n) is 2.75. The Morgan fingerprint density at radius 1 is 0.875 bits per heavy atom. The SMILES string of the molecule is CCCCCCCCCCCCO[Si](C)(C)Oc1cccc(F)c1. The first-order valence-electron chi connectivity index (χ1n) is 9.62. The topological polar surface area (TPSA) is 18.5 Å². The van der Waals surface area contributed by atoms with Crippen LogP contribution in [0.25, 0.3) is 0 Å². The molecule has 0 fully saturated rings. The summed E-state index contributed by atoms with van der Waals surface area (Å²) < 4.78 is 25.0. The van der Waals surface area contributed by atoms with Gasteiger partial charge in [-0.2, -0.15) is 0 Å². The van der Waals surface area contributed by atoms with Crippen molar-refractivity contribution in [1.82, 2.24) is 0 Å². The molecule has 24 heavy (non-hydrogen) atoms. The molecule has 0 bridgehead atoms. The lowest BCUT2D eigenvalue weighted by molar-refractivity contribution is 0.240. The van der Waals surface area contributed by atoms with Gasteiger partial charge in [0, 0.05) is 12.7 Å². The summed E-state index contributed by atoms with van der Waals surface area (Å²) in [6, 6.07) is 6.28. The minimum Gasteiger partial charge on any atom is -0.520 e. The van der Waals surface area contributed by atoms with Crippen LogP contribution < -0.4 is 4.43 Å². The molecule has 0 aliphatic carbocycles. The van der Waals surface area contributed by atoms with Crippen LogP contribution in [0.1, 0.15) is 71.1 Å². The average Bonchev–Trinajstić information content (AvgIpc) is 2.52. The van der Waals surface area contributed by atoms with Gasteiger partial charge in [-0.3, -0.25) is 0 Å². The highest BCUT2D eigenvalue weighted by Gasteiger charge is 2.26. The molecule has 0 aromatic heterocycles. The fourth-order valence-corrected chi connectivity index (χ4v) is 4.14. The highest BCUT2D eigenvalue weighted by Crippen LogP contribution is 2.18. The Morgan fingerprint density at radius 3 is 2.04 bits per heavy atom. The van der Waals surface area contributed by atoms with E-state index in [1.807, 2.05) is 13.1 Å². The Bertz CT molecular complexity index is 437. The minimum atomic E-state index is -2.23. The van der Waals surface area contributed by atoms with Crippen LogP contribution in [0.4, 0.5) is 4.39 Å². The highest BCUT2D eigenvalue weighted by atomic mass is 28.4. The molecule has 1 aromatic rings. The third kappa shape index (κ3) is 10.8. The molecule has 1 rings (SSSR count). The van der Waals surface area contributed by atoms with E-state index in [1.165, 1.54) is 69.9 Å². The van der Waals surface area contributed by atoms with Crippen molar-refractivity contribution in [1.29, 1.82) is 0 Å². The van der Waals surface area contributed by atoms with Gasteiger partial charge in [-0.25, -0.2) is 4.39 Å². The van der Waals surface area contributed by atoms with Crippen LogP contribution >= 0.6 is 0 Å². The van der Waals surface area contributed by atoms with E-state index in [4.69, 9.17) is 8.85 Å². The van der Waals surface area contributed by atoms with E-state index in [-0.39, 0.29) is 5.82 Å². The predicted octanol–water partition coefficient (Wildman–Crippen LogP) is 6.84. The van der Waals surface area contributed by atoms with Gasteiger partial charge < -0.3 is 8.85 Å². The van der Waals surface area contributed by atoms with Crippen molar-refractivity contribution in [3.05, 3.63) is 30.1 Å². The van der Waals surface area contributed by atoms with Crippen LogP contribution in [0.5, 0.6) is 5.75 Å². The standard InChI is InChI=1S/C20H35FO2Si/c1-4-5-6-7-8-9-10-11-12-13-17-22-24(2,3)23-20-16-14-15-19(21)18-20/h14-16,18H,4-13,17H2,1-3H3. The van der Waals surface area contributed by atoms with Crippen molar-refractivity contribution in [3.63, 3.8) is 0 Å². The molecule has 0 spiro atoms. The van der Waals surface area contributed by atoms with E-state index in [0.717, 1.165) is 13.0 Å². The van der Waals surface area contributed by atoms with E-state index < -0.39 is 8.56 Å². The second kappa shape index (κ2) is 12.5. The molecule has 0 unspecified atom stereocenters. The van der Waals surface area contributed by atoms with E-state index in [0.29, 0.717) is 5.75 Å². The molecular formula is C20H35FO2Si. The van der Waals surface area contributed by atoms with E-state index in [2.05, 4.69) is 6.92 Å². The van der Waals surface area contributed by atoms with Gasteiger partial charge in [0.25, 0.3) is 0 Å². The maximum atomic E-state index is 13.2. The molecule has 0 radical (unpaired) electrons. The van der Waals surface area contributed by atoms with Crippen molar-refractivity contribution in [3.8, 4) is 5.75 Å². The summed E-state index contributed by atoms with van der Waals surface area (Å²) >= 11 is 0. The Hall–Kier alpha value is -0.873. The maximum absolute atomic E-state index is 13.2. The lowest BCUT2D eigenvalue weighted by atomic mass is 10.1. The maximum Gasteiger partial charge on any atom is 0.392 e. The number of unbranched alkanes of at least 4 members (excludes halogenated alkanes) is 9. The van der Waals surface area contributed by atoms with Crippen molar-refractivity contribution >= 4 is 8.56 Å². The molecule has 0 heterocycles. The molecule has 0 atom stereocenters. The molecule has 138 valence electrons. The zero-order valence-corrected chi connectivity index (χ0v) is 16.8. The smallest absolute Gasteiger partial charge is 0.392 e. The molecule has 0 aliphatic rings. The number of hydrogen-bond donors (Lipinski definition) is 0. The van der Waals surface area contributed by atoms with Gasteiger partial charge in [0.15, 0.2) is 0 Å². The lowest BCUT2D eigenvalue weighted by Gasteiger charge is -2.23. The predicted molar refractivity (Wildman–Crippen MR) is 102 cm³/mol. The van der Waals surface area contributed by atoms with Crippen LogP contribution in [-0.4, -0.2) is 15.2 Å². The number of hydrogen-bond acceptors (Lipinski definition) is 2. The number of benzene rings is 1. The monoisotopic (exact) mass is 354 g/mol. The van der Waals surface area contributed by atoms with Crippen LogP contribution in [0.2, 0.25) is 13.1 Å². The van der Waals surface area contributed by atoms with Gasteiger partial charge in [0.2, 0.25) is 0 Å². The number of rotatable bonds is 14. The summed E-state index contributed by atoms with van der Waals surface area (Å²) in [6.45, 7) is 7.02. The van der Waals surface area contributed by atoms with Gasteiger partial charge in [-0.05, 0) is 31.6 Å². The van der Waals surface area contributed by atoms with Crippen LogP contribution in [0.15, 0.2) is 24.3 Å². The largest absolute Gasteiger partial charge is 0.520 e. The Kier molecular flexibility index (Phi) is 11.0. The summed E-state index contributed by atoms with van der Waals surface area (Å²) in [5.41, 5.74) is 0. The zero-order valence-electron chi connectivity index (χ0n) is 15.8. The average molecular weight is 355 g/mol. The van der Waals surface area contributed by atoms with Crippen molar-refractivity contribution in [2.45, 2.75) is 84.2 Å².